The fourth-order valence-electron chi connectivity index (χ4n) is 1.50. The Balaban J connectivity index is 2.41. The highest BCUT2D eigenvalue weighted by molar-refractivity contribution is 5.85. The molecule has 0 aromatic carbocycles. The molecule has 1 rings (SSSR count). The van der Waals surface area contributed by atoms with Crippen LogP contribution in [0, 0.1) is 5.92 Å². The third-order valence-corrected chi connectivity index (χ3v) is 2.68. The molecule has 5 N–H and O–H groups in total. The van der Waals surface area contributed by atoms with E-state index in [1.807, 2.05) is 0 Å². The van der Waals surface area contributed by atoms with Crippen LogP contribution in [-0.4, -0.2) is 35.1 Å². The van der Waals surface area contributed by atoms with Crippen molar-refractivity contribution in [3.05, 3.63) is 0 Å². The molecule has 0 heterocycles. The molecule has 3 amide bonds. The van der Waals surface area contributed by atoms with Crippen molar-refractivity contribution < 1.29 is 19.5 Å². The van der Waals surface area contributed by atoms with Crippen molar-refractivity contribution in [3.8, 4) is 0 Å². The van der Waals surface area contributed by atoms with Gasteiger partial charge in [-0.05, 0) is 25.7 Å². The number of rotatable bonds is 6. The Kier molecular flexibility index (Phi) is 4.30. The summed E-state index contributed by atoms with van der Waals surface area (Å²) >= 11 is 0. The van der Waals surface area contributed by atoms with Crippen LogP contribution in [0.15, 0.2) is 0 Å². The van der Waals surface area contributed by atoms with E-state index in [2.05, 4.69) is 10.6 Å². The molecular weight excluding hydrogens is 226 g/mol. The van der Waals surface area contributed by atoms with Crippen LogP contribution in [0.5, 0.6) is 0 Å². The van der Waals surface area contributed by atoms with Crippen LogP contribution in [0.1, 0.15) is 26.2 Å². The lowest BCUT2D eigenvalue weighted by atomic mass is 10.1. The number of primary amides is 1. The van der Waals surface area contributed by atoms with Crippen molar-refractivity contribution in [2.24, 2.45) is 11.7 Å². The average molecular weight is 243 g/mol. The molecule has 0 radical (unpaired) electrons. The van der Waals surface area contributed by atoms with E-state index in [1.165, 1.54) is 6.92 Å². The van der Waals surface area contributed by atoms with E-state index in [-0.39, 0.29) is 18.4 Å². The molecule has 0 saturated heterocycles. The summed E-state index contributed by atoms with van der Waals surface area (Å²) in [7, 11) is 0. The van der Waals surface area contributed by atoms with Crippen molar-refractivity contribution in [3.63, 3.8) is 0 Å². The zero-order valence-electron chi connectivity index (χ0n) is 9.60. The molecule has 0 bridgehead atoms. The van der Waals surface area contributed by atoms with Crippen molar-refractivity contribution in [1.29, 1.82) is 0 Å². The number of carboxylic acid groups (broad SMARTS) is 1. The predicted molar refractivity (Wildman–Crippen MR) is 59.1 cm³/mol. The van der Waals surface area contributed by atoms with Gasteiger partial charge in [-0.1, -0.05) is 0 Å². The standard InChI is InChI=1S/C10H17N3O4/c1-5(9(11)16)12-10(17)13-7(4-8(14)15)6-2-3-6/h5-7H,2-4H2,1H3,(H2,11,16)(H,14,15)(H2,12,13,17). The number of nitrogens with one attached hydrogen (secondary N) is 2. The van der Waals surface area contributed by atoms with Crippen LogP contribution in [0.4, 0.5) is 4.79 Å². The number of aliphatic carboxylic acids is 1. The zero-order chi connectivity index (χ0) is 13.0. The highest BCUT2D eigenvalue weighted by Crippen LogP contribution is 2.33. The molecule has 7 heteroatoms. The van der Waals surface area contributed by atoms with Crippen LogP contribution in [0.2, 0.25) is 0 Å². The average Bonchev–Trinajstić information content (AvgIpc) is 2.98. The van der Waals surface area contributed by atoms with Crippen molar-refractivity contribution >= 4 is 17.9 Å². The summed E-state index contributed by atoms with van der Waals surface area (Å²) in [4.78, 5) is 32.8. The Morgan fingerprint density at radius 3 is 2.35 bits per heavy atom. The minimum atomic E-state index is -0.954. The fraction of sp³-hybridized carbons (Fsp3) is 0.700. The second-order valence-electron chi connectivity index (χ2n) is 4.28. The summed E-state index contributed by atoms with van der Waals surface area (Å²) in [5.41, 5.74) is 4.99. The quantitative estimate of drug-likeness (QED) is 0.498. The number of carbonyl (C=O) groups excluding carboxylic acids is 2. The zero-order valence-corrected chi connectivity index (χ0v) is 9.60. The van der Waals surface area contributed by atoms with Crippen LogP contribution < -0.4 is 16.4 Å². The predicted octanol–water partition coefficient (Wildman–Crippen LogP) is -0.587. The summed E-state index contributed by atoms with van der Waals surface area (Å²) in [5.74, 6) is -1.37. The Bertz CT molecular complexity index is 328. The molecule has 0 aromatic rings. The summed E-state index contributed by atoms with van der Waals surface area (Å²) in [5, 5.41) is 13.6. The molecule has 0 spiro atoms. The molecule has 1 fully saturated rings. The lowest BCUT2D eigenvalue weighted by Gasteiger charge is -2.18. The van der Waals surface area contributed by atoms with Gasteiger partial charge in [0.25, 0.3) is 0 Å². The number of urea groups is 1. The first-order valence-electron chi connectivity index (χ1n) is 5.48. The van der Waals surface area contributed by atoms with Gasteiger partial charge in [-0.25, -0.2) is 4.79 Å². The molecule has 96 valence electrons. The molecule has 0 aromatic heterocycles. The number of carbonyl (C=O) groups is 3. The van der Waals surface area contributed by atoms with E-state index in [0.717, 1.165) is 12.8 Å². The lowest BCUT2D eigenvalue weighted by molar-refractivity contribution is -0.137. The van der Waals surface area contributed by atoms with Gasteiger partial charge in [-0.2, -0.15) is 0 Å². The maximum Gasteiger partial charge on any atom is 0.315 e. The molecule has 17 heavy (non-hydrogen) atoms. The van der Waals surface area contributed by atoms with Gasteiger partial charge in [-0.15, -0.1) is 0 Å². The normalized spacial score (nSPS) is 17.9. The second kappa shape index (κ2) is 5.51. The van der Waals surface area contributed by atoms with E-state index in [9.17, 15) is 14.4 Å². The first-order chi connectivity index (χ1) is 7.90. The molecule has 2 unspecified atom stereocenters. The Labute approximate surface area is 98.7 Å². The van der Waals surface area contributed by atoms with E-state index >= 15 is 0 Å². The smallest absolute Gasteiger partial charge is 0.315 e. The SMILES string of the molecule is CC(NC(=O)NC(CC(=O)O)C1CC1)C(N)=O. The summed E-state index contributed by atoms with van der Waals surface area (Å²) in [6.07, 6.45) is 1.73. The number of hydrogen-bond acceptors (Lipinski definition) is 3. The monoisotopic (exact) mass is 243 g/mol. The van der Waals surface area contributed by atoms with Gasteiger partial charge in [0.15, 0.2) is 0 Å². The second-order valence-corrected chi connectivity index (χ2v) is 4.28. The van der Waals surface area contributed by atoms with Gasteiger partial charge in [-0.3, -0.25) is 9.59 Å². The molecule has 1 aliphatic rings. The highest BCUT2D eigenvalue weighted by Gasteiger charge is 2.33. The molecule has 1 aliphatic carbocycles. The molecule has 0 aliphatic heterocycles. The van der Waals surface area contributed by atoms with E-state index in [1.54, 1.807) is 0 Å². The fourth-order valence-corrected chi connectivity index (χ4v) is 1.50. The van der Waals surface area contributed by atoms with Crippen molar-refractivity contribution in [2.45, 2.75) is 38.3 Å². The topological polar surface area (TPSA) is 122 Å². The number of nitrogens with two attached hydrogens (primary N) is 1. The third-order valence-electron chi connectivity index (χ3n) is 2.68. The van der Waals surface area contributed by atoms with Crippen molar-refractivity contribution in [1.82, 2.24) is 10.6 Å². The van der Waals surface area contributed by atoms with E-state index < -0.39 is 23.9 Å². The van der Waals surface area contributed by atoms with Crippen LogP contribution in [0.3, 0.4) is 0 Å². The number of carboxylic acids is 1. The van der Waals surface area contributed by atoms with E-state index in [4.69, 9.17) is 10.8 Å². The first kappa shape index (κ1) is 13.3. The van der Waals surface area contributed by atoms with Gasteiger partial charge in [0.1, 0.15) is 6.04 Å². The molecule has 1 saturated carbocycles. The lowest BCUT2D eigenvalue weighted by Crippen LogP contribution is -2.50. The van der Waals surface area contributed by atoms with Crippen LogP contribution in [0.25, 0.3) is 0 Å². The minimum Gasteiger partial charge on any atom is -0.481 e. The van der Waals surface area contributed by atoms with Gasteiger partial charge >= 0.3 is 12.0 Å². The molecule has 2 atom stereocenters. The van der Waals surface area contributed by atoms with Gasteiger partial charge in [0, 0.05) is 6.04 Å². The Morgan fingerprint density at radius 1 is 1.35 bits per heavy atom. The summed E-state index contributed by atoms with van der Waals surface area (Å²) in [6, 6.07) is -1.72. The maximum atomic E-state index is 11.5. The van der Waals surface area contributed by atoms with Gasteiger partial charge in [0.2, 0.25) is 5.91 Å². The van der Waals surface area contributed by atoms with Crippen LogP contribution in [-0.2, 0) is 9.59 Å². The molecule has 7 nitrogen and oxygen atoms in total. The number of amides is 3. The van der Waals surface area contributed by atoms with Gasteiger partial charge < -0.3 is 21.5 Å². The number of hydrogen-bond donors (Lipinski definition) is 4. The summed E-state index contributed by atoms with van der Waals surface area (Å²) in [6.45, 7) is 1.46. The largest absolute Gasteiger partial charge is 0.481 e. The van der Waals surface area contributed by atoms with Gasteiger partial charge in [0.05, 0.1) is 6.42 Å². The van der Waals surface area contributed by atoms with Crippen molar-refractivity contribution in [2.75, 3.05) is 0 Å². The Morgan fingerprint density at radius 2 is 1.94 bits per heavy atom. The van der Waals surface area contributed by atoms with Crippen LogP contribution >= 0.6 is 0 Å². The highest BCUT2D eigenvalue weighted by atomic mass is 16.4. The third kappa shape index (κ3) is 4.71. The molecular formula is C10H17N3O4. The maximum absolute atomic E-state index is 11.5. The Hall–Kier alpha value is -1.79. The summed E-state index contributed by atoms with van der Waals surface area (Å²) < 4.78 is 0. The first-order valence-corrected chi connectivity index (χ1v) is 5.48. The van der Waals surface area contributed by atoms with E-state index in [0.29, 0.717) is 0 Å². The minimum absolute atomic E-state index is 0.108.